The van der Waals surface area contributed by atoms with Crippen LogP contribution < -0.4 is 4.74 Å². The summed E-state index contributed by atoms with van der Waals surface area (Å²) in [7, 11) is -3.97. The SMILES string of the molecule is CCCN(C[C@@H](C)Sc1ccc(OCC(=O)O)c(C)c1)S(=O)(=O)c1ccc(C(F)(F)F)cc1. The maximum absolute atomic E-state index is 13.1. The lowest BCUT2D eigenvalue weighted by Gasteiger charge is -2.25. The van der Waals surface area contributed by atoms with E-state index in [1.807, 2.05) is 19.9 Å². The molecule has 0 spiro atoms. The minimum Gasteiger partial charge on any atom is -0.482 e. The third-order valence-corrected chi connectivity index (χ3v) is 7.54. The molecule has 0 aromatic heterocycles. The number of hydrogen-bond donors (Lipinski definition) is 1. The summed E-state index contributed by atoms with van der Waals surface area (Å²) < 4.78 is 71.1. The van der Waals surface area contributed by atoms with E-state index in [0.29, 0.717) is 12.2 Å². The summed E-state index contributed by atoms with van der Waals surface area (Å²) >= 11 is 1.44. The van der Waals surface area contributed by atoms with Crippen LogP contribution in [0.3, 0.4) is 0 Å². The first-order valence-electron chi connectivity index (χ1n) is 10.1. The summed E-state index contributed by atoms with van der Waals surface area (Å²) in [5.74, 6) is -0.626. The summed E-state index contributed by atoms with van der Waals surface area (Å²) in [6.07, 6.45) is -3.99. The number of nitrogens with zero attached hydrogens (tertiary/aromatic N) is 1. The van der Waals surface area contributed by atoms with Gasteiger partial charge in [-0.3, -0.25) is 0 Å². The number of thioether (sulfide) groups is 1. The van der Waals surface area contributed by atoms with E-state index in [0.717, 1.165) is 34.7 Å². The van der Waals surface area contributed by atoms with Crippen molar-refractivity contribution in [3.05, 3.63) is 53.6 Å². The minimum atomic E-state index is -4.54. The van der Waals surface area contributed by atoms with Crippen molar-refractivity contribution in [2.45, 2.75) is 48.4 Å². The van der Waals surface area contributed by atoms with Crippen LogP contribution in [0.15, 0.2) is 52.3 Å². The van der Waals surface area contributed by atoms with Crippen molar-refractivity contribution in [1.82, 2.24) is 4.31 Å². The van der Waals surface area contributed by atoms with E-state index < -0.39 is 34.3 Å². The molecular weight excluding hydrogens is 479 g/mol. The molecule has 6 nitrogen and oxygen atoms in total. The van der Waals surface area contributed by atoms with Gasteiger partial charge in [0.05, 0.1) is 10.5 Å². The van der Waals surface area contributed by atoms with Crippen molar-refractivity contribution in [2.24, 2.45) is 0 Å². The highest BCUT2D eigenvalue weighted by molar-refractivity contribution is 8.00. The first kappa shape index (κ1) is 27.0. The Morgan fingerprint density at radius 1 is 1.18 bits per heavy atom. The molecule has 0 heterocycles. The molecular formula is C22H26F3NO5S2. The van der Waals surface area contributed by atoms with Crippen LogP contribution in [0.4, 0.5) is 13.2 Å². The van der Waals surface area contributed by atoms with E-state index >= 15 is 0 Å². The highest BCUT2D eigenvalue weighted by Crippen LogP contribution is 2.32. The topological polar surface area (TPSA) is 83.9 Å². The fourth-order valence-corrected chi connectivity index (χ4v) is 5.90. The van der Waals surface area contributed by atoms with Gasteiger partial charge >= 0.3 is 12.1 Å². The molecule has 11 heteroatoms. The highest BCUT2D eigenvalue weighted by atomic mass is 32.2. The van der Waals surface area contributed by atoms with Crippen LogP contribution in [0.25, 0.3) is 0 Å². The van der Waals surface area contributed by atoms with Crippen molar-refractivity contribution in [3.63, 3.8) is 0 Å². The number of rotatable bonds is 11. The lowest BCUT2D eigenvalue weighted by molar-refractivity contribution is -0.139. The standard InChI is InChI=1S/C22H26F3NO5S2/c1-4-11-26(33(29,30)19-8-5-17(6-9-19)22(23,24)25)13-16(3)32-18-7-10-20(15(2)12-18)31-14-21(27)28/h5-10,12,16H,4,11,13-14H2,1-3H3,(H,27,28)/t16-/m1/s1. The number of aryl methyl sites for hydroxylation is 1. The zero-order valence-corrected chi connectivity index (χ0v) is 20.1. The monoisotopic (exact) mass is 505 g/mol. The van der Waals surface area contributed by atoms with E-state index in [9.17, 15) is 26.4 Å². The number of benzene rings is 2. The van der Waals surface area contributed by atoms with E-state index in [1.165, 1.54) is 16.1 Å². The lowest BCUT2D eigenvalue weighted by atomic mass is 10.2. The van der Waals surface area contributed by atoms with Gasteiger partial charge in [0.2, 0.25) is 10.0 Å². The molecule has 1 N–H and O–H groups in total. The fourth-order valence-electron chi connectivity index (χ4n) is 3.08. The van der Waals surface area contributed by atoms with Crippen molar-refractivity contribution in [3.8, 4) is 5.75 Å². The van der Waals surface area contributed by atoms with Crippen molar-refractivity contribution >= 4 is 27.8 Å². The second-order valence-electron chi connectivity index (χ2n) is 7.42. The zero-order valence-electron chi connectivity index (χ0n) is 18.4. The summed E-state index contributed by atoms with van der Waals surface area (Å²) in [4.78, 5) is 11.3. The lowest BCUT2D eigenvalue weighted by Crippen LogP contribution is -2.36. The maximum atomic E-state index is 13.1. The molecule has 0 saturated carbocycles. The number of alkyl halides is 3. The van der Waals surface area contributed by atoms with Gasteiger partial charge in [0.15, 0.2) is 6.61 Å². The molecule has 0 saturated heterocycles. The van der Waals surface area contributed by atoms with E-state index in [4.69, 9.17) is 9.84 Å². The molecule has 0 bridgehead atoms. The van der Waals surface area contributed by atoms with Crippen molar-refractivity contribution in [2.75, 3.05) is 19.7 Å². The second kappa shape index (κ2) is 11.3. The Kier molecular flexibility index (Phi) is 9.21. The van der Waals surface area contributed by atoms with Gasteiger partial charge in [-0.25, -0.2) is 13.2 Å². The zero-order chi connectivity index (χ0) is 24.8. The first-order chi connectivity index (χ1) is 15.3. The third-order valence-electron chi connectivity index (χ3n) is 4.59. The van der Waals surface area contributed by atoms with Gasteiger partial charge in [0.25, 0.3) is 0 Å². The normalized spacial score (nSPS) is 13.2. The van der Waals surface area contributed by atoms with Crippen molar-refractivity contribution < 1.29 is 36.2 Å². The number of aliphatic carboxylic acids is 1. The molecule has 0 radical (unpaired) electrons. The Morgan fingerprint density at radius 3 is 2.33 bits per heavy atom. The van der Waals surface area contributed by atoms with Crippen molar-refractivity contribution in [1.29, 1.82) is 0 Å². The molecule has 0 unspecified atom stereocenters. The number of halogens is 3. The number of carbonyl (C=O) groups is 1. The average Bonchev–Trinajstić information content (AvgIpc) is 2.72. The van der Waals surface area contributed by atoms with Crippen LogP contribution in [0.5, 0.6) is 5.75 Å². The summed E-state index contributed by atoms with van der Waals surface area (Å²) in [6, 6.07) is 8.76. The van der Waals surface area contributed by atoms with Crippen LogP contribution >= 0.6 is 11.8 Å². The predicted molar refractivity (Wildman–Crippen MR) is 120 cm³/mol. The van der Waals surface area contributed by atoms with Gasteiger partial charge in [-0.05, 0) is 61.4 Å². The Labute approximate surface area is 195 Å². The summed E-state index contributed by atoms with van der Waals surface area (Å²) in [5.41, 5.74) is -0.158. The Hall–Kier alpha value is -2.24. The fraction of sp³-hybridized carbons (Fsp3) is 0.409. The molecule has 33 heavy (non-hydrogen) atoms. The van der Waals surface area contributed by atoms with Gasteiger partial charge < -0.3 is 9.84 Å². The Morgan fingerprint density at radius 2 is 1.82 bits per heavy atom. The van der Waals surface area contributed by atoms with Gasteiger partial charge in [-0.1, -0.05) is 13.8 Å². The average molecular weight is 506 g/mol. The smallest absolute Gasteiger partial charge is 0.416 e. The maximum Gasteiger partial charge on any atom is 0.416 e. The molecule has 182 valence electrons. The number of sulfonamides is 1. The molecule has 2 aromatic carbocycles. The molecule has 0 aliphatic rings. The van der Waals surface area contributed by atoms with Gasteiger partial charge in [0.1, 0.15) is 5.75 Å². The molecule has 0 amide bonds. The van der Waals surface area contributed by atoms with Gasteiger partial charge in [-0.15, -0.1) is 11.8 Å². The third kappa shape index (κ3) is 7.65. The molecule has 2 aromatic rings. The van der Waals surface area contributed by atoms with E-state index in [2.05, 4.69) is 0 Å². The van der Waals surface area contributed by atoms with E-state index in [-0.39, 0.29) is 23.2 Å². The first-order valence-corrected chi connectivity index (χ1v) is 12.5. The molecule has 0 aliphatic heterocycles. The summed E-state index contributed by atoms with van der Waals surface area (Å²) in [6.45, 7) is 5.42. The number of carboxylic acids is 1. The van der Waals surface area contributed by atoms with Gasteiger partial charge in [0, 0.05) is 23.2 Å². The highest BCUT2D eigenvalue weighted by Gasteiger charge is 2.32. The quantitative estimate of drug-likeness (QED) is 0.430. The second-order valence-corrected chi connectivity index (χ2v) is 10.9. The Balaban J connectivity index is 2.13. The molecule has 0 aliphatic carbocycles. The number of hydrogen-bond acceptors (Lipinski definition) is 5. The minimum absolute atomic E-state index is 0.161. The molecule has 1 atom stereocenters. The van der Waals surface area contributed by atoms with Crippen LogP contribution in [0.2, 0.25) is 0 Å². The largest absolute Gasteiger partial charge is 0.482 e. The van der Waals surface area contributed by atoms with Crippen LogP contribution in [-0.4, -0.2) is 48.7 Å². The van der Waals surface area contributed by atoms with Crippen LogP contribution in [0.1, 0.15) is 31.4 Å². The Bertz CT molecular complexity index is 1060. The predicted octanol–water partition coefficient (Wildman–Crippen LogP) is 5.06. The molecule has 0 fully saturated rings. The van der Waals surface area contributed by atoms with Crippen LogP contribution in [0, 0.1) is 6.92 Å². The molecule has 2 rings (SSSR count). The van der Waals surface area contributed by atoms with E-state index in [1.54, 1.807) is 19.1 Å². The number of ether oxygens (including phenoxy) is 1. The van der Waals surface area contributed by atoms with Gasteiger partial charge in [-0.2, -0.15) is 17.5 Å². The van der Waals surface area contributed by atoms with Crippen LogP contribution in [-0.2, 0) is 21.0 Å². The number of carboxylic acid groups (broad SMARTS) is 1. The summed E-state index contributed by atoms with van der Waals surface area (Å²) in [5, 5.41) is 8.57.